The van der Waals surface area contributed by atoms with Gasteiger partial charge in [0, 0.05) is 24.2 Å². The Hall–Kier alpha value is -0.830. The van der Waals surface area contributed by atoms with Crippen molar-refractivity contribution in [2.75, 3.05) is 18.1 Å². The van der Waals surface area contributed by atoms with Gasteiger partial charge in [0.25, 0.3) is 0 Å². The number of aliphatic imine (C=N–C) groups is 1. The Balaban J connectivity index is 2.36. The summed E-state index contributed by atoms with van der Waals surface area (Å²) >= 11 is 1.91. The Morgan fingerprint density at radius 1 is 1.50 bits per heavy atom. The first-order valence-electron chi connectivity index (χ1n) is 4.84. The van der Waals surface area contributed by atoms with E-state index in [0.717, 1.165) is 29.4 Å². The fourth-order valence-electron chi connectivity index (χ4n) is 1.06. The summed E-state index contributed by atoms with van der Waals surface area (Å²) in [7, 11) is 0. The number of hydrogen-bond acceptors (Lipinski definition) is 3. The smallest absolute Gasteiger partial charge is 0.0811 e. The third kappa shape index (κ3) is 4.42. The van der Waals surface area contributed by atoms with E-state index in [4.69, 9.17) is 0 Å². The van der Waals surface area contributed by atoms with Crippen molar-refractivity contribution >= 4 is 18.0 Å². The molecule has 0 fully saturated rings. The van der Waals surface area contributed by atoms with Crippen molar-refractivity contribution in [3.05, 3.63) is 29.6 Å². The standard InChI is InChI=1S/C11H16N2S/c1-3-14-8-7-12-9-11-6-4-5-10(2)13-11/h4-6,9H,3,7-8H2,1-2H3. The average Bonchev–Trinajstić information content (AvgIpc) is 2.18. The predicted molar refractivity (Wildman–Crippen MR) is 64.4 cm³/mol. The monoisotopic (exact) mass is 208 g/mol. The highest BCUT2D eigenvalue weighted by atomic mass is 32.2. The van der Waals surface area contributed by atoms with Gasteiger partial charge in [-0.2, -0.15) is 11.8 Å². The van der Waals surface area contributed by atoms with Crippen LogP contribution in [-0.4, -0.2) is 29.2 Å². The zero-order chi connectivity index (χ0) is 10.2. The summed E-state index contributed by atoms with van der Waals surface area (Å²) in [5, 5.41) is 0. The van der Waals surface area contributed by atoms with Crippen LogP contribution in [0.2, 0.25) is 0 Å². The maximum atomic E-state index is 4.33. The molecule has 0 saturated heterocycles. The minimum Gasteiger partial charge on any atom is -0.290 e. The van der Waals surface area contributed by atoms with Crippen LogP contribution in [0, 0.1) is 6.92 Å². The minimum absolute atomic E-state index is 0.883. The molecule has 0 N–H and O–H groups in total. The SMILES string of the molecule is CCSCCN=Cc1cccc(C)n1. The zero-order valence-electron chi connectivity index (χ0n) is 8.73. The molecule has 0 aromatic carbocycles. The lowest BCUT2D eigenvalue weighted by atomic mass is 10.3. The van der Waals surface area contributed by atoms with Gasteiger partial charge in [0.15, 0.2) is 0 Å². The lowest BCUT2D eigenvalue weighted by Crippen LogP contribution is -1.92. The van der Waals surface area contributed by atoms with Crippen molar-refractivity contribution in [2.45, 2.75) is 13.8 Å². The lowest BCUT2D eigenvalue weighted by molar-refractivity contribution is 1.13. The van der Waals surface area contributed by atoms with Crippen LogP contribution < -0.4 is 0 Å². The van der Waals surface area contributed by atoms with E-state index >= 15 is 0 Å². The molecule has 1 heterocycles. The van der Waals surface area contributed by atoms with Crippen LogP contribution in [0.4, 0.5) is 0 Å². The first-order valence-corrected chi connectivity index (χ1v) is 5.99. The van der Waals surface area contributed by atoms with E-state index in [1.807, 2.05) is 43.1 Å². The van der Waals surface area contributed by atoms with Crippen molar-refractivity contribution in [1.82, 2.24) is 4.98 Å². The number of pyridine rings is 1. The topological polar surface area (TPSA) is 25.2 Å². The number of aryl methyl sites for hydroxylation is 1. The maximum Gasteiger partial charge on any atom is 0.0811 e. The Labute approximate surface area is 89.9 Å². The van der Waals surface area contributed by atoms with Crippen molar-refractivity contribution in [2.24, 2.45) is 4.99 Å². The molecule has 0 aliphatic rings. The second-order valence-corrected chi connectivity index (χ2v) is 4.33. The van der Waals surface area contributed by atoms with Gasteiger partial charge in [-0.1, -0.05) is 13.0 Å². The fourth-order valence-corrected chi connectivity index (χ4v) is 1.58. The van der Waals surface area contributed by atoms with Gasteiger partial charge in [-0.05, 0) is 24.8 Å². The van der Waals surface area contributed by atoms with Crippen molar-refractivity contribution in [3.8, 4) is 0 Å². The number of thioether (sulfide) groups is 1. The summed E-state index contributed by atoms with van der Waals surface area (Å²) in [4.78, 5) is 8.65. The molecular weight excluding hydrogens is 192 g/mol. The number of nitrogens with zero attached hydrogens (tertiary/aromatic N) is 2. The number of hydrogen-bond donors (Lipinski definition) is 0. The van der Waals surface area contributed by atoms with Gasteiger partial charge >= 0.3 is 0 Å². The van der Waals surface area contributed by atoms with Crippen LogP contribution in [0.15, 0.2) is 23.2 Å². The fraction of sp³-hybridized carbons (Fsp3) is 0.455. The highest BCUT2D eigenvalue weighted by Crippen LogP contribution is 1.98. The quantitative estimate of drug-likeness (QED) is 0.549. The van der Waals surface area contributed by atoms with Gasteiger partial charge in [-0.25, -0.2) is 0 Å². The van der Waals surface area contributed by atoms with E-state index in [0.29, 0.717) is 0 Å². The van der Waals surface area contributed by atoms with Gasteiger partial charge in [0.05, 0.1) is 5.69 Å². The van der Waals surface area contributed by atoms with Gasteiger partial charge in [-0.3, -0.25) is 9.98 Å². The second-order valence-electron chi connectivity index (χ2n) is 2.94. The van der Waals surface area contributed by atoms with E-state index in [2.05, 4.69) is 16.9 Å². The van der Waals surface area contributed by atoms with E-state index < -0.39 is 0 Å². The Bertz CT molecular complexity index is 297. The van der Waals surface area contributed by atoms with Crippen LogP contribution in [0.3, 0.4) is 0 Å². The third-order valence-corrected chi connectivity index (χ3v) is 2.58. The number of aromatic nitrogens is 1. The molecule has 0 saturated carbocycles. The number of rotatable bonds is 5. The zero-order valence-corrected chi connectivity index (χ0v) is 9.55. The molecule has 0 radical (unpaired) electrons. The molecule has 0 spiro atoms. The van der Waals surface area contributed by atoms with Crippen LogP contribution >= 0.6 is 11.8 Å². The summed E-state index contributed by atoms with van der Waals surface area (Å²) in [6, 6.07) is 5.97. The van der Waals surface area contributed by atoms with Crippen molar-refractivity contribution < 1.29 is 0 Å². The molecule has 76 valence electrons. The van der Waals surface area contributed by atoms with Crippen molar-refractivity contribution in [3.63, 3.8) is 0 Å². The van der Waals surface area contributed by atoms with Gasteiger partial charge in [-0.15, -0.1) is 0 Å². The molecule has 0 amide bonds. The Morgan fingerprint density at radius 3 is 3.07 bits per heavy atom. The van der Waals surface area contributed by atoms with Crippen LogP contribution in [-0.2, 0) is 0 Å². The predicted octanol–water partition coefficient (Wildman–Crippen LogP) is 2.56. The molecule has 0 aliphatic carbocycles. The molecule has 0 bridgehead atoms. The summed E-state index contributed by atoms with van der Waals surface area (Å²) in [5.74, 6) is 2.26. The first kappa shape index (κ1) is 11.2. The molecule has 3 heteroatoms. The molecule has 0 atom stereocenters. The van der Waals surface area contributed by atoms with E-state index in [1.54, 1.807) is 0 Å². The molecule has 2 nitrogen and oxygen atoms in total. The Kier molecular flexibility index (Phi) is 5.30. The lowest BCUT2D eigenvalue weighted by Gasteiger charge is -1.95. The molecule has 1 rings (SSSR count). The minimum atomic E-state index is 0.883. The first-order chi connectivity index (χ1) is 6.83. The summed E-state index contributed by atoms with van der Waals surface area (Å²) in [6.45, 7) is 5.04. The summed E-state index contributed by atoms with van der Waals surface area (Å²) in [6.07, 6.45) is 1.85. The van der Waals surface area contributed by atoms with E-state index in [1.165, 1.54) is 0 Å². The second kappa shape index (κ2) is 6.60. The molecule has 0 unspecified atom stereocenters. The van der Waals surface area contributed by atoms with Crippen molar-refractivity contribution in [1.29, 1.82) is 0 Å². The summed E-state index contributed by atoms with van der Waals surface area (Å²) < 4.78 is 0. The molecule has 14 heavy (non-hydrogen) atoms. The normalized spacial score (nSPS) is 11.0. The molecule has 1 aromatic rings. The van der Waals surface area contributed by atoms with Gasteiger partial charge < -0.3 is 0 Å². The van der Waals surface area contributed by atoms with Crippen LogP contribution in [0.5, 0.6) is 0 Å². The largest absolute Gasteiger partial charge is 0.290 e. The van der Waals surface area contributed by atoms with Gasteiger partial charge in [0.1, 0.15) is 0 Å². The molecule has 1 aromatic heterocycles. The molecule has 0 aliphatic heterocycles. The van der Waals surface area contributed by atoms with Crippen LogP contribution in [0.1, 0.15) is 18.3 Å². The average molecular weight is 208 g/mol. The molecular formula is C11H16N2S. The maximum absolute atomic E-state index is 4.33. The van der Waals surface area contributed by atoms with E-state index in [9.17, 15) is 0 Å². The Morgan fingerprint density at radius 2 is 2.36 bits per heavy atom. The van der Waals surface area contributed by atoms with E-state index in [-0.39, 0.29) is 0 Å². The highest BCUT2D eigenvalue weighted by molar-refractivity contribution is 7.99. The summed E-state index contributed by atoms with van der Waals surface area (Å²) in [5.41, 5.74) is 1.99. The van der Waals surface area contributed by atoms with Gasteiger partial charge in [0.2, 0.25) is 0 Å². The van der Waals surface area contributed by atoms with Crippen LogP contribution in [0.25, 0.3) is 0 Å². The highest BCUT2D eigenvalue weighted by Gasteiger charge is 1.89. The third-order valence-electron chi connectivity index (χ3n) is 1.70.